The summed E-state index contributed by atoms with van der Waals surface area (Å²) in [6, 6.07) is 14.4. The minimum atomic E-state index is -4.85. The van der Waals surface area contributed by atoms with Gasteiger partial charge >= 0.3 is 6.18 Å². The molecule has 0 bridgehead atoms. The summed E-state index contributed by atoms with van der Waals surface area (Å²) in [6.45, 7) is 3.11. The molecule has 2 amide bonds. The average molecular weight is 492 g/mol. The zero-order valence-electron chi connectivity index (χ0n) is 19.1. The van der Waals surface area contributed by atoms with Crippen LogP contribution in [0.1, 0.15) is 48.9 Å². The van der Waals surface area contributed by atoms with Gasteiger partial charge in [0.1, 0.15) is 5.69 Å². The number of rotatable bonds is 5. The van der Waals surface area contributed by atoms with E-state index in [1.807, 2.05) is 6.07 Å². The molecule has 0 saturated carbocycles. The Kier molecular flexibility index (Phi) is 6.20. The Morgan fingerprint density at radius 2 is 1.83 bits per heavy atom. The molecule has 2 aromatic carbocycles. The number of aromatic nitrogens is 3. The number of primary amides is 1. The van der Waals surface area contributed by atoms with Crippen LogP contribution in [0, 0.1) is 25.2 Å². The van der Waals surface area contributed by atoms with Crippen molar-refractivity contribution >= 4 is 28.4 Å². The lowest BCUT2D eigenvalue weighted by atomic mass is 10.0. The molecule has 36 heavy (non-hydrogen) atoms. The number of nitrogens with one attached hydrogen (secondary N) is 1. The number of hydrogen-bond acceptors (Lipinski definition) is 5. The van der Waals surface area contributed by atoms with Gasteiger partial charge in [-0.25, -0.2) is 4.98 Å². The molecule has 0 aliphatic rings. The third-order valence-corrected chi connectivity index (χ3v) is 5.67. The van der Waals surface area contributed by atoms with E-state index in [4.69, 9.17) is 11.0 Å². The van der Waals surface area contributed by atoms with Crippen LogP contribution in [0.4, 0.5) is 18.9 Å². The molecule has 0 spiro atoms. The standard InChI is InChI=1S/C25H19F3N6O2/c1-13-4-3-5-18-20(13)17(10-19(31-18)23(30)35)24(36)32-21-14(2)34(33-22(21)25(26,27)28)12-16-8-6-15(11-29)7-9-16/h3-10H,12H2,1-2H3,(H2,30,35)(H,32,36). The summed E-state index contributed by atoms with van der Waals surface area (Å²) < 4.78 is 42.8. The zero-order valence-corrected chi connectivity index (χ0v) is 19.1. The van der Waals surface area contributed by atoms with Gasteiger partial charge < -0.3 is 11.1 Å². The lowest BCUT2D eigenvalue weighted by molar-refractivity contribution is -0.140. The van der Waals surface area contributed by atoms with Crippen molar-refractivity contribution in [2.75, 3.05) is 5.32 Å². The molecule has 4 rings (SSSR count). The normalized spacial score (nSPS) is 11.3. The quantitative estimate of drug-likeness (QED) is 0.429. The summed E-state index contributed by atoms with van der Waals surface area (Å²) in [4.78, 5) is 29.2. The van der Waals surface area contributed by atoms with E-state index in [1.54, 1.807) is 49.4 Å². The van der Waals surface area contributed by atoms with Gasteiger partial charge in [0.2, 0.25) is 0 Å². The smallest absolute Gasteiger partial charge is 0.364 e. The molecule has 2 aromatic heterocycles. The SMILES string of the molecule is Cc1cccc2nc(C(N)=O)cc(C(=O)Nc3c(C(F)(F)F)nn(Cc4ccc(C#N)cc4)c3C)c12. The third-order valence-electron chi connectivity index (χ3n) is 5.67. The molecule has 0 aliphatic carbocycles. The highest BCUT2D eigenvalue weighted by Crippen LogP contribution is 2.36. The van der Waals surface area contributed by atoms with Crippen molar-refractivity contribution in [1.29, 1.82) is 5.26 Å². The number of nitriles is 1. The number of alkyl halides is 3. The number of benzene rings is 2. The first kappa shape index (κ1) is 24.4. The predicted octanol–water partition coefficient (Wildman–Crippen LogP) is 4.34. The Hall–Kier alpha value is -4.72. The van der Waals surface area contributed by atoms with E-state index in [9.17, 15) is 22.8 Å². The van der Waals surface area contributed by atoms with Gasteiger partial charge in [0.25, 0.3) is 11.8 Å². The van der Waals surface area contributed by atoms with Gasteiger partial charge in [-0.1, -0.05) is 24.3 Å². The van der Waals surface area contributed by atoms with Crippen molar-refractivity contribution in [1.82, 2.24) is 14.8 Å². The Labute approximate surface area is 203 Å². The van der Waals surface area contributed by atoms with Gasteiger partial charge in [-0.05, 0) is 49.2 Å². The number of fused-ring (bicyclic) bond motifs is 1. The van der Waals surface area contributed by atoms with Crippen molar-refractivity contribution in [2.45, 2.75) is 26.6 Å². The first-order chi connectivity index (χ1) is 17.0. The van der Waals surface area contributed by atoms with Crippen LogP contribution < -0.4 is 11.1 Å². The summed E-state index contributed by atoms with van der Waals surface area (Å²) in [7, 11) is 0. The number of amides is 2. The molecule has 0 saturated heterocycles. The number of aryl methyl sites for hydroxylation is 1. The summed E-state index contributed by atoms with van der Waals surface area (Å²) in [5, 5.41) is 15.4. The minimum absolute atomic E-state index is 0.0143. The first-order valence-corrected chi connectivity index (χ1v) is 10.6. The van der Waals surface area contributed by atoms with Crippen molar-refractivity contribution in [2.24, 2.45) is 5.73 Å². The lowest BCUT2D eigenvalue weighted by Gasteiger charge is -2.13. The van der Waals surface area contributed by atoms with Crippen molar-refractivity contribution in [3.8, 4) is 6.07 Å². The van der Waals surface area contributed by atoms with E-state index >= 15 is 0 Å². The molecule has 8 nitrogen and oxygen atoms in total. The van der Waals surface area contributed by atoms with Crippen LogP contribution >= 0.6 is 0 Å². The molecule has 182 valence electrons. The topological polar surface area (TPSA) is 127 Å². The Morgan fingerprint density at radius 1 is 1.14 bits per heavy atom. The highest BCUT2D eigenvalue weighted by molar-refractivity contribution is 6.14. The van der Waals surface area contributed by atoms with E-state index in [-0.39, 0.29) is 23.5 Å². The largest absolute Gasteiger partial charge is 0.437 e. The molecule has 0 unspecified atom stereocenters. The number of carbonyl (C=O) groups excluding carboxylic acids is 2. The monoisotopic (exact) mass is 492 g/mol. The number of halogens is 3. The van der Waals surface area contributed by atoms with Crippen molar-refractivity contribution < 1.29 is 22.8 Å². The van der Waals surface area contributed by atoms with E-state index in [2.05, 4.69) is 15.4 Å². The average Bonchev–Trinajstić information content (AvgIpc) is 3.14. The third kappa shape index (κ3) is 4.61. The summed E-state index contributed by atoms with van der Waals surface area (Å²) in [6.07, 6.45) is -4.85. The van der Waals surface area contributed by atoms with Gasteiger partial charge in [-0.15, -0.1) is 0 Å². The van der Waals surface area contributed by atoms with Gasteiger partial charge in [0.15, 0.2) is 5.69 Å². The van der Waals surface area contributed by atoms with Crippen LogP contribution in [-0.4, -0.2) is 26.6 Å². The van der Waals surface area contributed by atoms with E-state index in [0.29, 0.717) is 27.6 Å². The number of pyridine rings is 1. The maximum atomic E-state index is 13.9. The second-order valence-electron chi connectivity index (χ2n) is 8.12. The fraction of sp³-hybridized carbons (Fsp3) is 0.160. The summed E-state index contributed by atoms with van der Waals surface area (Å²) in [5.74, 6) is -1.75. The highest BCUT2D eigenvalue weighted by Gasteiger charge is 2.39. The second-order valence-corrected chi connectivity index (χ2v) is 8.12. The van der Waals surface area contributed by atoms with Crippen LogP contribution in [0.2, 0.25) is 0 Å². The molecule has 2 heterocycles. The maximum absolute atomic E-state index is 13.9. The van der Waals surface area contributed by atoms with E-state index in [1.165, 1.54) is 6.92 Å². The van der Waals surface area contributed by atoms with Crippen molar-refractivity contribution in [3.05, 3.63) is 87.9 Å². The summed E-state index contributed by atoms with van der Waals surface area (Å²) in [5.41, 5.74) is 5.42. The first-order valence-electron chi connectivity index (χ1n) is 10.6. The molecule has 0 radical (unpaired) electrons. The highest BCUT2D eigenvalue weighted by atomic mass is 19.4. The Bertz CT molecular complexity index is 1550. The van der Waals surface area contributed by atoms with Crippen LogP contribution in [0.3, 0.4) is 0 Å². The predicted molar refractivity (Wildman–Crippen MR) is 125 cm³/mol. The molecule has 0 atom stereocenters. The molecular weight excluding hydrogens is 473 g/mol. The van der Waals surface area contributed by atoms with Crippen molar-refractivity contribution in [3.63, 3.8) is 0 Å². The maximum Gasteiger partial charge on any atom is 0.437 e. The number of nitrogens with two attached hydrogens (primary N) is 1. The van der Waals surface area contributed by atoms with Gasteiger partial charge in [-0.2, -0.15) is 23.5 Å². The van der Waals surface area contributed by atoms with Crippen LogP contribution in [0.15, 0.2) is 48.5 Å². The Morgan fingerprint density at radius 3 is 2.44 bits per heavy atom. The van der Waals surface area contributed by atoms with Gasteiger partial charge in [0.05, 0.1) is 40.6 Å². The molecule has 3 N–H and O–H groups in total. The number of hydrogen-bond donors (Lipinski definition) is 2. The second kappa shape index (κ2) is 9.14. The van der Waals surface area contributed by atoms with Crippen LogP contribution in [0.5, 0.6) is 0 Å². The van der Waals surface area contributed by atoms with Crippen LogP contribution in [-0.2, 0) is 12.7 Å². The molecule has 0 aliphatic heterocycles. The minimum Gasteiger partial charge on any atom is -0.364 e. The summed E-state index contributed by atoms with van der Waals surface area (Å²) >= 11 is 0. The number of nitrogens with zero attached hydrogens (tertiary/aromatic N) is 4. The van der Waals surface area contributed by atoms with E-state index in [0.717, 1.165) is 10.7 Å². The molecule has 0 fully saturated rings. The zero-order chi connectivity index (χ0) is 26.2. The fourth-order valence-electron chi connectivity index (χ4n) is 3.86. The number of anilines is 1. The Balaban J connectivity index is 1.78. The fourth-order valence-corrected chi connectivity index (χ4v) is 3.86. The lowest BCUT2D eigenvalue weighted by Crippen LogP contribution is -2.19. The molecule has 11 heteroatoms. The van der Waals surface area contributed by atoms with Gasteiger partial charge in [-0.3, -0.25) is 14.3 Å². The molecular formula is C25H19F3N6O2. The van der Waals surface area contributed by atoms with E-state index < -0.39 is 29.4 Å². The molecule has 4 aromatic rings. The van der Waals surface area contributed by atoms with Gasteiger partial charge in [0, 0.05) is 5.39 Å². The number of carbonyl (C=O) groups is 2. The van der Waals surface area contributed by atoms with Crippen LogP contribution in [0.25, 0.3) is 10.9 Å².